The summed E-state index contributed by atoms with van der Waals surface area (Å²) < 4.78 is 6.59. The van der Waals surface area contributed by atoms with E-state index in [0.717, 1.165) is 15.7 Å². The number of carbonyl (C=O) groups excluding carboxylic acids is 1. The number of hydrogen-bond donors (Lipinski definition) is 2. The molecular weight excluding hydrogens is 334 g/mol. The van der Waals surface area contributed by atoms with E-state index in [0.29, 0.717) is 24.5 Å². The summed E-state index contributed by atoms with van der Waals surface area (Å²) in [5.74, 6) is -0.122. The Balaban J connectivity index is 1.89. The molecule has 0 unspecified atom stereocenters. The van der Waals surface area contributed by atoms with Gasteiger partial charge in [0.1, 0.15) is 12.4 Å². The lowest BCUT2D eigenvalue weighted by atomic mass is 10.2. The number of pyridine rings is 1. The first-order chi connectivity index (χ1) is 10.1. The van der Waals surface area contributed by atoms with Gasteiger partial charge in [-0.25, -0.2) is 0 Å². The Morgan fingerprint density at radius 2 is 2.24 bits per heavy atom. The minimum Gasteiger partial charge on any atom is -0.489 e. The maximum atomic E-state index is 11.2. The minimum atomic E-state index is -0.524. The fraction of sp³-hybridized carbons (Fsp3) is 0.200. The smallest absolute Gasteiger partial charge is 0.252 e. The Hall–Kier alpha value is -2.08. The van der Waals surface area contributed by atoms with Gasteiger partial charge in [0.05, 0.1) is 11.8 Å². The highest BCUT2D eigenvalue weighted by Gasteiger charge is 2.08. The van der Waals surface area contributed by atoms with E-state index in [9.17, 15) is 4.79 Å². The summed E-state index contributed by atoms with van der Waals surface area (Å²) in [6, 6.07) is 7.56. The molecular formula is C15H16BrN3O2. The monoisotopic (exact) mass is 349 g/mol. The van der Waals surface area contributed by atoms with Gasteiger partial charge in [-0.1, -0.05) is 15.9 Å². The third-order valence-corrected chi connectivity index (χ3v) is 3.41. The van der Waals surface area contributed by atoms with Crippen LogP contribution in [0.15, 0.2) is 41.1 Å². The number of nitrogens with two attached hydrogens (primary N) is 1. The average molecular weight is 350 g/mol. The van der Waals surface area contributed by atoms with Crippen LogP contribution in [0.25, 0.3) is 0 Å². The topological polar surface area (TPSA) is 77.2 Å². The number of amides is 1. The first-order valence-corrected chi connectivity index (χ1v) is 7.24. The predicted molar refractivity (Wildman–Crippen MR) is 85.6 cm³/mol. The summed E-state index contributed by atoms with van der Waals surface area (Å²) in [6.45, 7) is 3.04. The van der Waals surface area contributed by atoms with Gasteiger partial charge in [0, 0.05) is 22.9 Å². The molecule has 110 valence electrons. The summed E-state index contributed by atoms with van der Waals surface area (Å²) >= 11 is 3.43. The van der Waals surface area contributed by atoms with E-state index in [-0.39, 0.29) is 0 Å². The van der Waals surface area contributed by atoms with Crippen LogP contribution in [0.4, 0.5) is 5.69 Å². The average Bonchev–Trinajstić information content (AvgIpc) is 2.45. The number of halogens is 1. The molecule has 0 bridgehead atoms. The zero-order valence-electron chi connectivity index (χ0n) is 11.6. The van der Waals surface area contributed by atoms with Gasteiger partial charge < -0.3 is 15.8 Å². The fourth-order valence-corrected chi connectivity index (χ4v) is 2.35. The van der Waals surface area contributed by atoms with Gasteiger partial charge >= 0.3 is 0 Å². The van der Waals surface area contributed by atoms with Crippen molar-refractivity contribution in [3.05, 3.63) is 52.3 Å². The maximum absolute atomic E-state index is 11.2. The third kappa shape index (κ3) is 4.19. The Morgan fingerprint density at radius 1 is 1.43 bits per heavy atom. The number of anilines is 1. The van der Waals surface area contributed by atoms with Gasteiger partial charge in [0.15, 0.2) is 0 Å². The van der Waals surface area contributed by atoms with E-state index in [1.54, 1.807) is 6.07 Å². The van der Waals surface area contributed by atoms with Crippen LogP contribution in [-0.4, -0.2) is 24.0 Å². The van der Waals surface area contributed by atoms with Crippen molar-refractivity contribution in [3.8, 4) is 5.75 Å². The van der Waals surface area contributed by atoms with E-state index in [4.69, 9.17) is 10.5 Å². The van der Waals surface area contributed by atoms with Gasteiger partial charge in [-0.2, -0.15) is 0 Å². The summed E-state index contributed by atoms with van der Waals surface area (Å²) in [4.78, 5) is 15.2. The lowest BCUT2D eigenvalue weighted by molar-refractivity contribution is 0.0996. The quantitative estimate of drug-likeness (QED) is 0.786. The van der Waals surface area contributed by atoms with Crippen molar-refractivity contribution in [1.82, 2.24) is 4.98 Å². The first kappa shape index (κ1) is 15.3. The Kier molecular flexibility index (Phi) is 5.16. The van der Waals surface area contributed by atoms with Crippen LogP contribution >= 0.6 is 15.9 Å². The molecule has 1 aromatic carbocycles. The van der Waals surface area contributed by atoms with Crippen molar-refractivity contribution in [3.63, 3.8) is 0 Å². The Labute approximate surface area is 131 Å². The number of ether oxygens (including phenoxy) is 1. The highest BCUT2D eigenvalue weighted by atomic mass is 79.9. The van der Waals surface area contributed by atoms with Crippen molar-refractivity contribution in [2.45, 2.75) is 6.92 Å². The number of carbonyl (C=O) groups is 1. The van der Waals surface area contributed by atoms with Crippen LogP contribution in [0.2, 0.25) is 0 Å². The predicted octanol–water partition coefficient (Wildman–Crippen LogP) is 2.74. The van der Waals surface area contributed by atoms with Crippen LogP contribution in [0, 0.1) is 6.92 Å². The van der Waals surface area contributed by atoms with Crippen LogP contribution in [0.5, 0.6) is 5.75 Å². The normalized spacial score (nSPS) is 10.2. The zero-order chi connectivity index (χ0) is 15.2. The molecule has 2 rings (SSSR count). The van der Waals surface area contributed by atoms with Gasteiger partial charge in [0.25, 0.3) is 5.91 Å². The number of hydrogen-bond acceptors (Lipinski definition) is 4. The molecule has 0 saturated carbocycles. The molecule has 1 amide bonds. The number of rotatable bonds is 6. The van der Waals surface area contributed by atoms with Gasteiger partial charge in [-0.3, -0.25) is 9.78 Å². The largest absolute Gasteiger partial charge is 0.489 e. The molecule has 0 spiro atoms. The molecule has 0 atom stereocenters. The number of nitrogens with one attached hydrogen (secondary N) is 1. The second-order valence-corrected chi connectivity index (χ2v) is 5.39. The molecule has 0 aliphatic carbocycles. The molecule has 1 aromatic heterocycles. The zero-order valence-corrected chi connectivity index (χ0v) is 13.2. The Morgan fingerprint density at radius 3 is 2.95 bits per heavy atom. The number of nitrogens with zero attached hydrogens (tertiary/aromatic N) is 1. The number of aromatic nitrogens is 1. The first-order valence-electron chi connectivity index (χ1n) is 6.44. The van der Waals surface area contributed by atoms with Crippen molar-refractivity contribution in [2.24, 2.45) is 5.73 Å². The van der Waals surface area contributed by atoms with Crippen molar-refractivity contribution in [2.75, 3.05) is 18.5 Å². The van der Waals surface area contributed by atoms with Crippen molar-refractivity contribution in [1.29, 1.82) is 0 Å². The molecule has 2 aromatic rings. The van der Waals surface area contributed by atoms with E-state index in [1.807, 2.05) is 25.1 Å². The number of primary amides is 1. The summed E-state index contributed by atoms with van der Waals surface area (Å²) in [7, 11) is 0. The third-order valence-electron chi connectivity index (χ3n) is 2.91. The fourth-order valence-electron chi connectivity index (χ4n) is 1.87. The van der Waals surface area contributed by atoms with Gasteiger partial charge in [-0.15, -0.1) is 0 Å². The van der Waals surface area contributed by atoms with Crippen molar-refractivity contribution < 1.29 is 9.53 Å². The van der Waals surface area contributed by atoms with E-state index < -0.39 is 5.91 Å². The summed E-state index contributed by atoms with van der Waals surface area (Å²) in [6.07, 6.45) is 3.00. The molecule has 0 aliphatic rings. The lowest BCUT2D eigenvalue weighted by Gasteiger charge is -2.12. The number of benzene rings is 1. The van der Waals surface area contributed by atoms with E-state index in [1.165, 1.54) is 12.4 Å². The van der Waals surface area contributed by atoms with Crippen LogP contribution in [-0.2, 0) is 0 Å². The summed E-state index contributed by atoms with van der Waals surface area (Å²) in [5, 5.41) is 3.28. The minimum absolute atomic E-state index is 0.338. The molecule has 0 saturated heterocycles. The molecule has 6 heteroatoms. The van der Waals surface area contributed by atoms with E-state index >= 15 is 0 Å². The number of aryl methyl sites for hydroxylation is 1. The molecule has 0 radical (unpaired) electrons. The van der Waals surface area contributed by atoms with Gasteiger partial charge in [-0.05, 0) is 36.8 Å². The van der Waals surface area contributed by atoms with Crippen molar-refractivity contribution >= 4 is 27.5 Å². The Bertz CT molecular complexity index is 647. The lowest BCUT2D eigenvalue weighted by Crippen LogP contribution is -2.16. The standard InChI is InChI=1S/C15H16BrN3O2/c1-10-8-11(16)2-3-13(10)19-6-7-21-14-9-18-5-4-12(14)15(17)20/h2-5,8-9,19H,6-7H2,1H3,(H2,17,20). The van der Waals surface area contributed by atoms with E-state index in [2.05, 4.69) is 26.2 Å². The van der Waals surface area contributed by atoms with Crippen LogP contribution in [0.1, 0.15) is 15.9 Å². The highest BCUT2D eigenvalue weighted by Crippen LogP contribution is 2.20. The second kappa shape index (κ2) is 7.08. The maximum Gasteiger partial charge on any atom is 0.252 e. The second-order valence-electron chi connectivity index (χ2n) is 4.47. The molecule has 0 aliphatic heterocycles. The molecule has 3 N–H and O–H groups in total. The molecule has 21 heavy (non-hydrogen) atoms. The summed E-state index contributed by atoms with van der Waals surface area (Å²) in [5.41, 5.74) is 7.80. The van der Waals surface area contributed by atoms with Crippen LogP contribution in [0.3, 0.4) is 0 Å². The van der Waals surface area contributed by atoms with Gasteiger partial charge in [0.2, 0.25) is 0 Å². The highest BCUT2D eigenvalue weighted by molar-refractivity contribution is 9.10. The molecule has 5 nitrogen and oxygen atoms in total. The molecule has 0 fully saturated rings. The SMILES string of the molecule is Cc1cc(Br)ccc1NCCOc1cnccc1C(N)=O. The molecule has 1 heterocycles. The van der Waals surface area contributed by atoms with Crippen LogP contribution < -0.4 is 15.8 Å².